The van der Waals surface area contributed by atoms with Gasteiger partial charge in [0.05, 0.1) is 29.7 Å². The monoisotopic (exact) mass is 380 g/mol. The van der Waals surface area contributed by atoms with Gasteiger partial charge in [0.25, 0.3) is 0 Å². The Morgan fingerprint density at radius 1 is 1.12 bits per heavy atom. The first-order valence-corrected chi connectivity index (χ1v) is 8.70. The van der Waals surface area contributed by atoms with E-state index < -0.39 is 0 Å². The molecule has 1 aliphatic rings. The van der Waals surface area contributed by atoms with Crippen LogP contribution in [0.25, 0.3) is 0 Å². The number of aromatic hydroxyl groups is 1. The average Bonchev–Trinajstić information content (AvgIpc) is 2.93. The lowest BCUT2D eigenvalue weighted by Crippen LogP contribution is -2.20. The Balaban J connectivity index is 1.76. The summed E-state index contributed by atoms with van der Waals surface area (Å²) in [6.07, 6.45) is 1.21. The first-order valence-electron chi connectivity index (χ1n) is 7.94. The fourth-order valence-electron chi connectivity index (χ4n) is 3.13. The molecule has 0 saturated carbocycles. The molecule has 1 saturated heterocycles. The number of cyclic esters (lactones) is 1. The van der Waals surface area contributed by atoms with Crippen molar-refractivity contribution in [1.29, 1.82) is 0 Å². The van der Waals surface area contributed by atoms with Gasteiger partial charge in [-0.25, -0.2) is 0 Å². The third-order valence-electron chi connectivity index (χ3n) is 4.49. The normalized spacial score (nSPS) is 19.7. The van der Waals surface area contributed by atoms with E-state index in [2.05, 4.69) is 0 Å². The van der Waals surface area contributed by atoms with E-state index in [9.17, 15) is 9.90 Å². The number of phenolic OH excluding ortho intramolecular Hbond substituents is 1. The first-order chi connectivity index (χ1) is 12.0. The SMILES string of the molecule is COc1cc(C[C@H]2COC(=O)[C@@H]2Cc2ccc(Cl)c(Cl)c2)ccc1O. The van der Waals surface area contributed by atoms with E-state index in [1.165, 1.54) is 7.11 Å². The third kappa shape index (κ3) is 4.02. The van der Waals surface area contributed by atoms with Gasteiger partial charge < -0.3 is 14.6 Å². The summed E-state index contributed by atoms with van der Waals surface area (Å²) in [5, 5.41) is 10.7. The summed E-state index contributed by atoms with van der Waals surface area (Å²) in [4.78, 5) is 12.2. The zero-order valence-corrected chi connectivity index (χ0v) is 15.2. The van der Waals surface area contributed by atoms with Gasteiger partial charge in [0, 0.05) is 5.92 Å². The molecule has 1 aliphatic heterocycles. The van der Waals surface area contributed by atoms with E-state index in [1.54, 1.807) is 24.3 Å². The standard InChI is InChI=1S/C19H18Cl2O4/c1-24-18-9-11(3-5-17(18)22)6-13-10-25-19(23)14(13)7-12-2-4-15(20)16(21)8-12/h2-5,8-9,13-14,22H,6-7,10H2,1H3/t13-,14+/m0/s1. The molecule has 0 spiro atoms. The summed E-state index contributed by atoms with van der Waals surface area (Å²) in [5.41, 5.74) is 1.93. The quantitative estimate of drug-likeness (QED) is 0.786. The maximum absolute atomic E-state index is 12.2. The van der Waals surface area contributed by atoms with Crippen molar-refractivity contribution in [2.75, 3.05) is 13.7 Å². The molecule has 2 aromatic carbocycles. The van der Waals surface area contributed by atoms with Crippen molar-refractivity contribution in [2.45, 2.75) is 12.8 Å². The largest absolute Gasteiger partial charge is 0.504 e. The van der Waals surface area contributed by atoms with Crippen molar-refractivity contribution >= 4 is 29.2 Å². The van der Waals surface area contributed by atoms with Crippen molar-refractivity contribution in [3.8, 4) is 11.5 Å². The fourth-order valence-corrected chi connectivity index (χ4v) is 3.45. The Morgan fingerprint density at radius 3 is 2.56 bits per heavy atom. The summed E-state index contributed by atoms with van der Waals surface area (Å²) in [7, 11) is 1.51. The van der Waals surface area contributed by atoms with Gasteiger partial charge in [-0.3, -0.25) is 4.79 Å². The number of esters is 1. The number of methoxy groups -OCH3 is 1. The van der Waals surface area contributed by atoms with Crippen molar-refractivity contribution in [3.05, 3.63) is 57.6 Å². The highest BCUT2D eigenvalue weighted by Gasteiger charge is 2.36. The minimum atomic E-state index is -0.239. The Hall–Kier alpha value is -1.91. The Bertz CT molecular complexity index is 791. The second kappa shape index (κ2) is 7.54. The van der Waals surface area contributed by atoms with Gasteiger partial charge in [-0.2, -0.15) is 0 Å². The molecule has 0 unspecified atom stereocenters. The van der Waals surface area contributed by atoms with E-state index >= 15 is 0 Å². The molecular weight excluding hydrogens is 363 g/mol. The maximum Gasteiger partial charge on any atom is 0.309 e. The summed E-state index contributed by atoms with van der Waals surface area (Å²) >= 11 is 12.0. The van der Waals surface area contributed by atoms with Gasteiger partial charge >= 0.3 is 5.97 Å². The van der Waals surface area contributed by atoms with Gasteiger partial charge in [-0.1, -0.05) is 35.3 Å². The van der Waals surface area contributed by atoms with Crippen LogP contribution in [0.5, 0.6) is 11.5 Å². The van der Waals surface area contributed by atoms with Crippen molar-refractivity contribution < 1.29 is 19.4 Å². The van der Waals surface area contributed by atoms with Gasteiger partial charge in [0.2, 0.25) is 0 Å². The molecule has 1 N–H and O–H groups in total. The highest BCUT2D eigenvalue weighted by atomic mass is 35.5. The average molecular weight is 381 g/mol. The molecule has 0 aromatic heterocycles. The van der Waals surface area contributed by atoms with Crippen molar-refractivity contribution in [1.82, 2.24) is 0 Å². The highest BCUT2D eigenvalue weighted by Crippen LogP contribution is 2.33. The van der Waals surface area contributed by atoms with Crippen molar-refractivity contribution in [3.63, 3.8) is 0 Å². The third-order valence-corrected chi connectivity index (χ3v) is 5.23. The molecule has 2 aromatic rings. The van der Waals surface area contributed by atoms with Crippen LogP contribution in [0.1, 0.15) is 11.1 Å². The van der Waals surface area contributed by atoms with Crippen molar-refractivity contribution in [2.24, 2.45) is 11.8 Å². The summed E-state index contributed by atoms with van der Waals surface area (Å²) in [6.45, 7) is 0.383. The Kier molecular flexibility index (Phi) is 5.40. The van der Waals surface area contributed by atoms with E-state index in [-0.39, 0.29) is 23.6 Å². The van der Waals surface area contributed by atoms with E-state index in [4.69, 9.17) is 32.7 Å². The molecule has 0 amide bonds. The molecular formula is C19H18Cl2O4. The number of hydrogen-bond donors (Lipinski definition) is 1. The van der Waals surface area contributed by atoms with Gasteiger partial charge in [0.15, 0.2) is 11.5 Å². The smallest absolute Gasteiger partial charge is 0.309 e. The topological polar surface area (TPSA) is 55.8 Å². The van der Waals surface area contributed by atoms with Crippen LogP contribution in [0, 0.1) is 11.8 Å². The predicted molar refractivity (Wildman–Crippen MR) is 96.5 cm³/mol. The van der Waals surface area contributed by atoms with Gasteiger partial charge in [-0.15, -0.1) is 0 Å². The zero-order chi connectivity index (χ0) is 18.0. The number of halogens is 2. The van der Waals surface area contributed by atoms with Crippen LogP contribution in [-0.4, -0.2) is 24.8 Å². The van der Waals surface area contributed by atoms with Gasteiger partial charge in [-0.05, 0) is 48.2 Å². The Morgan fingerprint density at radius 2 is 1.84 bits per heavy atom. The van der Waals surface area contributed by atoms with Crippen LogP contribution in [-0.2, 0) is 22.4 Å². The summed E-state index contributed by atoms with van der Waals surface area (Å²) < 4.78 is 10.4. The molecule has 4 nitrogen and oxygen atoms in total. The number of carbonyl (C=O) groups is 1. The molecule has 25 heavy (non-hydrogen) atoms. The minimum absolute atomic E-state index is 0.0520. The summed E-state index contributed by atoms with van der Waals surface area (Å²) in [6, 6.07) is 10.6. The number of rotatable bonds is 5. The molecule has 1 fully saturated rings. The van der Waals surface area contributed by atoms with Crippen LogP contribution in [0.15, 0.2) is 36.4 Å². The summed E-state index contributed by atoms with van der Waals surface area (Å²) in [5.74, 6) is 0.135. The molecule has 2 atom stereocenters. The maximum atomic E-state index is 12.2. The number of benzene rings is 2. The lowest BCUT2D eigenvalue weighted by Gasteiger charge is -2.16. The molecule has 0 bridgehead atoms. The van der Waals surface area contributed by atoms with E-state index in [0.29, 0.717) is 35.2 Å². The van der Waals surface area contributed by atoms with Crippen LogP contribution >= 0.6 is 23.2 Å². The number of phenols is 1. The molecule has 0 aliphatic carbocycles. The second-order valence-electron chi connectivity index (χ2n) is 6.16. The number of hydrogen-bond acceptors (Lipinski definition) is 4. The van der Waals surface area contributed by atoms with Crippen LogP contribution in [0.3, 0.4) is 0 Å². The zero-order valence-electron chi connectivity index (χ0n) is 13.7. The number of carbonyl (C=O) groups excluding carboxylic acids is 1. The molecule has 6 heteroatoms. The molecule has 1 heterocycles. The minimum Gasteiger partial charge on any atom is -0.504 e. The van der Waals surface area contributed by atoms with Crippen LogP contribution in [0.2, 0.25) is 10.0 Å². The van der Waals surface area contributed by atoms with Gasteiger partial charge in [0.1, 0.15) is 0 Å². The lowest BCUT2D eigenvalue weighted by atomic mass is 9.85. The lowest BCUT2D eigenvalue weighted by molar-refractivity contribution is -0.141. The Labute approximate surface area is 156 Å². The van der Waals surface area contributed by atoms with Crippen LogP contribution in [0.4, 0.5) is 0 Å². The molecule has 3 rings (SSSR count). The first kappa shape index (κ1) is 17.9. The van der Waals surface area contributed by atoms with E-state index in [1.807, 2.05) is 12.1 Å². The van der Waals surface area contributed by atoms with Crippen LogP contribution < -0.4 is 4.74 Å². The predicted octanol–water partition coefficient (Wildman–Crippen LogP) is 4.28. The molecule has 0 radical (unpaired) electrons. The van der Waals surface area contributed by atoms with E-state index in [0.717, 1.165) is 11.1 Å². The second-order valence-corrected chi connectivity index (χ2v) is 6.97. The molecule has 132 valence electrons. The fraction of sp³-hybridized carbons (Fsp3) is 0.316. The highest BCUT2D eigenvalue weighted by molar-refractivity contribution is 6.42. The number of ether oxygens (including phenoxy) is 2.